The zero-order valence-electron chi connectivity index (χ0n) is 57.4. The first-order valence-corrected chi connectivity index (χ1v) is 35.5. The highest BCUT2D eigenvalue weighted by Gasteiger charge is 2.59. The van der Waals surface area contributed by atoms with Crippen LogP contribution in [-0.2, 0) is 48.7 Å². The molecule has 89 heavy (non-hydrogen) atoms. The molecular formula is C84H98BN3S. The van der Waals surface area contributed by atoms with Crippen LogP contribution < -0.4 is 30.4 Å². The zero-order chi connectivity index (χ0) is 62.5. The van der Waals surface area contributed by atoms with Crippen molar-refractivity contribution in [3.05, 3.63) is 171 Å². The van der Waals surface area contributed by atoms with Crippen molar-refractivity contribution in [1.29, 1.82) is 0 Å². The van der Waals surface area contributed by atoms with E-state index in [4.69, 9.17) is 0 Å². The predicted octanol–water partition coefficient (Wildman–Crippen LogP) is 21.8. The molecule has 0 amide bonds. The smallest absolute Gasteiger partial charge is 0.264 e. The van der Waals surface area contributed by atoms with Crippen molar-refractivity contribution in [3.63, 3.8) is 0 Å². The van der Waals surface area contributed by atoms with Crippen molar-refractivity contribution in [2.75, 3.05) is 14.7 Å². The molecule has 0 spiro atoms. The van der Waals surface area contributed by atoms with E-state index < -0.39 is 0 Å². The lowest BCUT2D eigenvalue weighted by Crippen LogP contribution is -2.61. The van der Waals surface area contributed by atoms with Crippen LogP contribution in [0.15, 0.2) is 121 Å². The maximum absolute atomic E-state index is 2.91. The number of thiophene rings is 1. The van der Waals surface area contributed by atoms with Gasteiger partial charge < -0.3 is 14.7 Å². The number of nitrogens with zero attached hydrogens (tertiary/aromatic N) is 3. The summed E-state index contributed by atoms with van der Waals surface area (Å²) in [6, 6.07) is 50.8. The summed E-state index contributed by atoms with van der Waals surface area (Å²) in [4.78, 5) is 8.61. The van der Waals surface area contributed by atoms with Crippen LogP contribution in [0.5, 0.6) is 0 Å². The van der Waals surface area contributed by atoms with E-state index in [1.807, 2.05) is 0 Å². The fourth-order valence-electron chi connectivity index (χ4n) is 19.6. The van der Waals surface area contributed by atoms with Gasteiger partial charge in [-0.1, -0.05) is 185 Å². The first kappa shape index (κ1) is 58.1. The average molecular weight is 1190 g/mol. The lowest BCUT2D eigenvalue weighted by atomic mass is 9.35. The Hall–Kier alpha value is -6.04. The van der Waals surface area contributed by atoms with Gasteiger partial charge >= 0.3 is 0 Å². The van der Waals surface area contributed by atoms with Gasteiger partial charge in [-0.25, -0.2) is 0 Å². The maximum atomic E-state index is 2.91. The van der Waals surface area contributed by atoms with E-state index in [9.17, 15) is 0 Å². The molecule has 3 nitrogen and oxygen atoms in total. The summed E-state index contributed by atoms with van der Waals surface area (Å²) >= 11 is 2.12. The Morgan fingerprint density at radius 2 is 0.820 bits per heavy atom. The van der Waals surface area contributed by atoms with Gasteiger partial charge in [0.05, 0.1) is 11.2 Å². The Kier molecular flexibility index (Phi) is 12.0. The van der Waals surface area contributed by atoms with Gasteiger partial charge in [-0.15, -0.1) is 11.3 Å². The predicted molar refractivity (Wildman–Crippen MR) is 385 cm³/mol. The minimum Gasteiger partial charge on any atom is -0.334 e. The normalized spacial score (nSPS) is 25.1. The van der Waals surface area contributed by atoms with E-state index in [1.54, 1.807) is 11.1 Å². The first-order valence-electron chi connectivity index (χ1n) is 34.7. The van der Waals surface area contributed by atoms with Crippen LogP contribution in [0, 0.1) is 0 Å². The molecule has 16 rings (SSSR count). The highest BCUT2D eigenvalue weighted by molar-refractivity contribution is 7.33. The molecule has 1 aromatic heterocycles. The second-order valence-electron chi connectivity index (χ2n) is 35.4. The molecule has 3 aliphatic heterocycles. The Morgan fingerprint density at radius 1 is 0.348 bits per heavy atom. The number of anilines is 8. The van der Waals surface area contributed by atoms with E-state index in [2.05, 4.69) is 272 Å². The Bertz CT molecular complexity index is 4350. The molecule has 0 radical (unpaired) electrons. The maximum Gasteiger partial charge on any atom is 0.264 e. The molecule has 8 aromatic rings. The van der Waals surface area contributed by atoms with E-state index in [0.29, 0.717) is 0 Å². The van der Waals surface area contributed by atoms with Crippen LogP contribution in [-0.4, -0.2) is 12.3 Å². The highest BCUT2D eigenvalue weighted by Crippen LogP contribution is 2.64. The molecule has 4 heterocycles. The van der Waals surface area contributed by atoms with Gasteiger partial charge in [0.2, 0.25) is 0 Å². The van der Waals surface area contributed by atoms with Gasteiger partial charge in [0.1, 0.15) is 0 Å². The molecular weight excluding hydrogens is 1090 g/mol. The van der Waals surface area contributed by atoms with Crippen molar-refractivity contribution < 1.29 is 0 Å². The quantitative estimate of drug-likeness (QED) is 0.163. The topological polar surface area (TPSA) is 9.72 Å². The second-order valence-corrected chi connectivity index (χ2v) is 36.5. The van der Waals surface area contributed by atoms with Crippen LogP contribution in [0.3, 0.4) is 0 Å². The van der Waals surface area contributed by atoms with Crippen molar-refractivity contribution in [3.8, 4) is 11.1 Å². The van der Waals surface area contributed by atoms with Gasteiger partial charge in [0.25, 0.3) is 6.71 Å². The molecule has 458 valence electrons. The van der Waals surface area contributed by atoms with Crippen molar-refractivity contribution in [1.82, 2.24) is 0 Å². The van der Waals surface area contributed by atoms with E-state index in [0.717, 1.165) is 12.8 Å². The summed E-state index contributed by atoms with van der Waals surface area (Å²) in [6.45, 7) is 45.6. The molecule has 5 aliphatic carbocycles. The van der Waals surface area contributed by atoms with Crippen LogP contribution >= 0.6 is 11.3 Å². The number of hydrogen-bond acceptors (Lipinski definition) is 4. The van der Waals surface area contributed by atoms with Crippen LogP contribution in [0.2, 0.25) is 0 Å². The van der Waals surface area contributed by atoms with Gasteiger partial charge in [-0.2, -0.15) is 0 Å². The third-order valence-electron chi connectivity index (χ3n) is 26.2. The number of hydrogen-bond donors (Lipinski definition) is 0. The van der Waals surface area contributed by atoms with Crippen molar-refractivity contribution in [2.24, 2.45) is 0 Å². The Morgan fingerprint density at radius 3 is 1.38 bits per heavy atom. The Labute approximate surface area is 539 Å². The number of fused-ring (bicyclic) bond motifs is 13. The minimum atomic E-state index is -0.185. The molecule has 7 aromatic carbocycles. The fourth-order valence-corrected chi connectivity index (χ4v) is 21.0. The SMILES string of the molecule is CC1(C)CCC(C)(C)c2cc(N3c4cc5c(cc4B4c6sc7cc8c(cc7c6N(c6ccc7c(c6)C(C)(C)CCC7(C)C)c6cc(N7c9ccc(-c%10ccccc%10)cc9C9(C)CCCCC79C)cc3c64)C(C)(C)CCC8(C)C)C(C)(C)CCC5(C)C)ccc21. The summed E-state index contributed by atoms with van der Waals surface area (Å²) in [5.41, 5.74) is 30.0. The van der Waals surface area contributed by atoms with Gasteiger partial charge in [-0.05, 0) is 253 Å². The molecule has 5 heteroatoms. The molecule has 8 aliphatic rings. The average Bonchev–Trinajstić information content (AvgIpc) is 1.67. The highest BCUT2D eigenvalue weighted by atomic mass is 32.1. The van der Waals surface area contributed by atoms with E-state index in [1.165, 1.54) is 186 Å². The third-order valence-corrected chi connectivity index (χ3v) is 27.5. The number of benzene rings is 7. The van der Waals surface area contributed by atoms with Crippen LogP contribution in [0.1, 0.15) is 252 Å². The van der Waals surface area contributed by atoms with Gasteiger partial charge in [0.15, 0.2) is 0 Å². The Balaban J connectivity index is 1.07. The molecule has 2 unspecified atom stereocenters. The largest absolute Gasteiger partial charge is 0.334 e. The summed E-state index contributed by atoms with van der Waals surface area (Å²) in [7, 11) is 0. The molecule has 0 saturated heterocycles. The zero-order valence-corrected chi connectivity index (χ0v) is 58.2. The van der Waals surface area contributed by atoms with Gasteiger partial charge in [0, 0.05) is 60.1 Å². The monoisotopic (exact) mass is 1190 g/mol. The standard InChI is InChI=1S/C84H98BN3S/c1-75(2)34-36-77(5,6)59-43-53(27-29-57(59)75)86-68-49-63-62(80(11,12)39-40-81(63,13)14)48-66(68)85-72-69(86)45-55(88-67-31-26-52(51-24-20-19-21-25-51)42-65(67)83(17)32-22-23-33-84(83,88)18)46-70(72)87(54-28-30-58-60(44-54)78(7,8)37-35-76(58,3)4)73-56-47-61-64(50-71(56)89-74(73)85)82(15,16)41-38-79(61,9)10/h19-21,24-31,42-50H,22-23,32-41H2,1-18H3. The molecule has 0 N–H and O–H groups in total. The molecule has 0 bridgehead atoms. The summed E-state index contributed by atoms with van der Waals surface area (Å²) in [5.74, 6) is 0. The lowest BCUT2D eigenvalue weighted by Gasteiger charge is -2.51. The van der Waals surface area contributed by atoms with Gasteiger partial charge in [-0.3, -0.25) is 0 Å². The van der Waals surface area contributed by atoms with Crippen LogP contribution in [0.25, 0.3) is 21.2 Å². The fraction of sp³-hybridized carbons (Fsp3) is 0.476. The molecule has 1 fully saturated rings. The third kappa shape index (κ3) is 8.06. The number of rotatable bonds is 4. The van der Waals surface area contributed by atoms with Crippen molar-refractivity contribution >= 4 is 89.3 Å². The minimum absolute atomic E-state index is 0.00367. The molecule has 2 atom stereocenters. The summed E-state index contributed by atoms with van der Waals surface area (Å²) in [5, 5.41) is 1.42. The van der Waals surface area contributed by atoms with E-state index >= 15 is 0 Å². The van der Waals surface area contributed by atoms with Crippen LogP contribution in [0.4, 0.5) is 45.5 Å². The second kappa shape index (κ2) is 18.4. The summed E-state index contributed by atoms with van der Waals surface area (Å²) in [6.07, 6.45) is 14.2. The van der Waals surface area contributed by atoms with E-state index in [-0.39, 0.29) is 61.0 Å². The molecule has 1 saturated carbocycles. The summed E-state index contributed by atoms with van der Waals surface area (Å²) < 4.78 is 2.92. The van der Waals surface area contributed by atoms with Crippen molar-refractivity contribution in [2.45, 2.75) is 256 Å². The lowest BCUT2D eigenvalue weighted by molar-refractivity contribution is 0.195. The first-order chi connectivity index (χ1) is 41.8.